The Morgan fingerprint density at radius 1 is 1.35 bits per heavy atom. The minimum absolute atomic E-state index is 0.0277. The number of hydrogen-bond acceptors (Lipinski definition) is 5. The van der Waals surface area contributed by atoms with Crippen molar-refractivity contribution in [3.8, 4) is 11.5 Å². The predicted octanol–water partition coefficient (Wildman–Crippen LogP) is 2.85. The second-order valence-corrected chi connectivity index (χ2v) is 5.57. The molecule has 1 aliphatic rings. The Hall–Kier alpha value is -1.95. The maximum atomic E-state index is 12.1. The minimum Gasteiger partial charge on any atom is -0.504 e. The Morgan fingerprint density at radius 3 is 2.60 bits per heavy atom. The molecule has 1 N–H and O–H groups in total. The largest absolute Gasteiger partial charge is 0.504 e. The maximum Gasteiger partial charge on any atom is 0.293 e. The van der Waals surface area contributed by atoms with Crippen LogP contribution in [0.2, 0.25) is 0 Å². The third-order valence-corrected chi connectivity index (χ3v) is 3.73. The molecule has 1 aliphatic heterocycles. The molecule has 1 saturated heterocycles. The van der Waals surface area contributed by atoms with Gasteiger partial charge in [0.25, 0.3) is 11.1 Å². The van der Waals surface area contributed by atoms with Gasteiger partial charge in [-0.2, -0.15) is 0 Å². The van der Waals surface area contributed by atoms with Crippen LogP contribution in [0.4, 0.5) is 4.79 Å². The molecule has 0 spiro atoms. The normalized spacial score (nSPS) is 17.4. The summed E-state index contributed by atoms with van der Waals surface area (Å²) >= 11 is 0.918. The van der Waals surface area contributed by atoms with Gasteiger partial charge in [-0.3, -0.25) is 14.5 Å². The molecule has 0 unspecified atom stereocenters. The average molecular weight is 293 g/mol. The number of ether oxygens (including phenoxy) is 1. The van der Waals surface area contributed by atoms with Crippen LogP contribution in [0.3, 0.4) is 0 Å². The zero-order valence-electron chi connectivity index (χ0n) is 11.4. The number of hydrogen-bond donors (Lipinski definition) is 1. The summed E-state index contributed by atoms with van der Waals surface area (Å²) in [7, 11) is 1.45. The monoisotopic (exact) mass is 293 g/mol. The van der Waals surface area contributed by atoms with Gasteiger partial charge in [-0.15, -0.1) is 0 Å². The summed E-state index contributed by atoms with van der Waals surface area (Å²) in [6, 6.07) is 4.58. The van der Waals surface area contributed by atoms with E-state index in [1.807, 2.05) is 0 Å². The highest BCUT2D eigenvalue weighted by atomic mass is 32.2. The van der Waals surface area contributed by atoms with Gasteiger partial charge in [0.15, 0.2) is 11.5 Å². The maximum absolute atomic E-state index is 12.1. The third-order valence-electron chi connectivity index (χ3n) is 2.84. The third kappa shape index (κ3) is 2.65. The van der Waals surface area contributed by atoms with Gasteiger partial charge in [0.2, 0.25) is 0 Å². The Kier molecular flexibility index (Phi) is 4.04. The molecule has 6 heteroatoms. The molecule has 0 saturated carbocycles. The summed E-state index contributed by atoms with van der Waals surface area (Å²) in [5.41, 5.74) is 0.689. The van der Waals surface area contributed by atoms with Crippen molar-refractivity contribution < 1.29 is 19.4 Å². The van der Waals surface area contributed by atoms with Crippen LogP contribution < -0.4 is 4.74 Å². The summed E-state index contributed by atoms with van der Waals surface area (Å²) in [6.45, 7) is 3.59. The topological polar surface area (TPSA) is 66.8 Å². The van der Waals surface area contributed by atoms with E-state index in [0.717, 1.165) is 11.8 Å². The second-order valence-electron chi connectivity index (χ2n) is 4.58. The Labute approximate surface area is 121 Å². The molecule has 0 bridgehead atoms. The lowest BCUT2D eigenvalue weighted by atomic mass is 10.2. The van der Waals surface area contributed by atoms with Crippen LogP contribution in [-0.2, 0) is 4.79 Å². The van der Waals surface area contributed by atoms with Crippen LogP contribution in [0, 0.1) is 0 Å². The summed E-state index contributed by atoms with van der Waals surface area (Å²) in [5.74, 6) is 0.0591. The summed E-state index contributed by atoms with van der Waals surface area (Å²) in [4.78, 5) is 25.5. The molecule has 106 valence electrons. The first-order valence-electron chi connectivity index (χ1n) is 6.08. The standard InChI is InChI=1S/C14H15NO4S/c1-8(2)15-13(17)12(20-14(15)18)7-9-4-5-10(16)11(6-9)19-3/h4-8,16H,1-3H3/b12-7+. The van der Waals surface area contributed by atoms with E-state index >= 15 is 0 Å². The number of phenols is 1. The number of nitrogens with zero attached hydrogens (tertiary/aromatic N) is 1. The van der Waals surface area contributed by atoms with Crippen molar-refractivity contribution in [1.29, 1.82) is 0 Å². The van der Waals surface area contributed by atoms with E-state index in [2.05, 4.69) is 0 Å². The van der Waals surface area contributed by atoms with E-state index in [1.54, 1.807) is 32.1 Å². The summed E-state index contributed by atoms with van der Waals surface area (Å²) < 4.78 is 5.01. The molecular weight excluding hydrogens is 278 g/mol. The van der Waals surface area contributed by atoms with E-state index in [0.29, 0.717) is 16.2 Å². The lowest BCUT2D eigenvalue weighted by Gasteiger charge is -2.16. The highest BCUT2D eigenvalue weighted by molar-refractivity contribution is 8.18. The molecule has 0 aromatic heterocycles. The Bertz CT molecular complexity index is 595. The van der Waals surface area contributed by atoms with E-state index in [4.69, 9.17) is 4.74 Å². The van der Waals surface area contributed by atoms with Crippen molar-refractivity contribution in [2.75, 3.05) is 7.11 Å². The highest BCUT2D eigenvalue weighted by Gasteiger charge is 2.36. The Balaban J connectivity index is 2.33. The van der Waals surface area contributed by atoms with Gasteiger partial charge in [-0.25, -0.2) is 0 Å². The van der Waals surface area contributed by atoms with E-state index in [1.165, 1.54) is 18.1 Å². The molecule has 0 aliphatic carbocycles. The molecule has 20 heavy (non-hydrogen) atoms. The van der Waals surface area contributed by atoms with E-state index < -0.39 is 0 Å². The lowest BCUT2D eigenvalue weighted by Crippen LogP contribution is -2.34. The zero-order chi connectivity index (χ0) is 14.9. The van der Waals surface area contributed by atoms with Crippen LogP contribution >= 0.6 is 11.8 Å². The molecule has 1 fully saturated rings. The number of methoxy groups -OCH3 is 1. The smallest absolute Gasteiger partial charge is 0.293 e. The molecule has 0 radical (unpaired) electrons. The first kappa shape index (κ1) is 14.5. The molecule has 2 amide bonds. The predicted molar refractivity (Wildman–Crippen MR) is 77.6 cm³/mol. The number of phenolic OH excluding ortho intramolecular Hbond substituents is 1. The number of rotatable bonds is 3. The summed E-state index contributed by atoms with van der Waals surface area (Å²) in [6.07, 6.45) is 1.62. The van der Waals surface area contributed by atoms with Crippen LogP contribution in [-0.4, -0.2) is 34.3 Å². The van der Waals surface area contributed by atoms with Gasteiger partial charge in [-0.05, 0) is 49.4 Å². The lowest BCUT2D eigenvalue weighted by molar-refractivity contribution is -0.123. The van der Waals surface area contributed by atoms with Crippen LogP contribution in [0.25, 0.3) is 6.08 Å². The Morgan fingerprint density at radius 2 is 2.05 bits per heavy atom. The SMILES string of the molecule is COc1cc(/C=C2/SC(=O)N(C(C)C)C2=O)ccc1O. The van der Waals surface area contributed by atoms with Crippen molar-refractivity contribution in [2.45, 2.75) is 19.9 Å². The van der Waals surface area contributed by atoms with Crippen molar-refractivity contribution in [3.63, 3.8) is 0 Å². The number of amides is 2. The van der Waals surface area contributed by atoms with Crippen LogP contribution in [0.5, 0.6) is 11.5 Å². The zero-order valence-corrected chi connectivity index (χ0v) is 12.2. The van der Waals surface area contributed by atoms with Gasteiger partial charge in [-0.1, -0.05) is 6.07 Å². The van der Waals surface area contributed by atoms with Crippen LogP contribution in [0.15, 0.2) is 23.1 Å². The number of carbonyl (C=O) groups is 2. The van der Waals surface area contributed by atoms with Crippen molar-refractivity contribution in [2.24, 2.45) is 0 Å². The molecule has 2 rings (SSSR count). The number of imide groups is 1. The number of benzene rings is 1. The molecule has 0 atom stereocenters. The van der Waals surface area contributed by atoms with Crippen molar-refractivity contribution in [1.82, 2.24) is 4.90 Å². The highest BCUT2D eigenvalue weighted by Crippen LogP contribution is 2.34. The van der Waals surface area contributed by atoms with Gasteiger partial charge in [0.05, 0.1) is 12.0 Å². The van der Waals surface area contributed by atoms with Gasteiger partial charge in [0, 0.05) is 6.04 Å². The molecule has 5 nitrogen and oxygen atoms in total. The minimum atomic E-state index is -0.290. The fraction of sp³-hybridized carbons (Fsp3) is 0.286. The van der Waals surface area contributed by atoms with Crippen molar-refractivity contribution >= 4 is 29.0 Å². The average Bonchev–Trinajstić information content (AvgIpc) is 2.66. The number of aromatic hydroxyl groups is 1. The molecular formula is C14H15NO4S. The first-order chi connectivity index (χ1) is 9.43. The number of carbonyl (C=O) groups excluding carboxylic acids is 2. The van der Waals surface area contributed by atoms with E-state index in [9.17, 15) is 14.7 Å². The first-order valence-corrected chi connectivity index (χ1v) is 6.89. The van der Waals surface area contributed by atoms with Gasteiger partial charge < -0.3 is 9.84 Å². The van der Waals surface area contributed by atoms with Crippen LogP contribution in [0.1, 0.15) is 19.4 Å². The molecule has 1 heterocycles. The second kappa shape index (κ2) is 5.58. The molecule has 1 aromatic rings. The number of thioether (sulfide) groups is 1. The van der Waals surface area contributed by atoms with E-state index in [-0.39, 0.29) is 22.9 Å². The van der Waals surface area contributed by atoms with Crippen molar-refractivity contribution in [3.05, 3.63) is 28.7 Å². The fourth-order valence-electron chi connectivity index (χ4n) is 1.86. The fourth-order valence-corrected chi connectivity index (χ4v) is 2.82. The molecule has 1 aromatic carbocycles. The summed E-state index contributed by atoms with van der Waals surface area (Å²) in [5, 5.41) is 9.26. The van der Waals surface area contributed by atoms with Gasteiger partial charge >= 0.3 is 0 Å². The van der Waals surface area contributed by atoms with Gasteiger partial charge in [0.1, 0.15) is 0 Å². The quantitative estimate of drug-likeness (QED) is 0.868.